The molecule has 2 aromatic carbocycles. The zero-order valence-electron chi connectivity index (χ0n) is 17.7. The topological polar surface area (TPSA) is 82.9 Å². The summed E-state index contributed by atoms with van der Waals surface area (Å²) in [5.41, 5.74) is 1.85. The number of carbonyl (C=O) groups is 2. The van der Waals surface area contributed by atoms with Crippen molar-refractivity contribution < 1.29 is 19.1 Å². The van der Waals surface area contributed by atoms with Crippen molar-refractivity contribution in [2.45, 2.75) is 13.5 Å². The van der Waals surface area contributed by atoms with Crippen LogP contribution in [0.25, 0.3) is 6.08 Å². The van der Waals surface area contributed by atoms with Crippen LogP contribution >= 0.6 is 28.1 Å². The fourth-order valence-corrected chi connectivity index (χ4v) is 3.86. The molecule has 0 aromatic heterocycles. The van der Waals surface area contributed by atoms with Crippen molar-refractivity contribution in [3.05, 3.63) is 63.1 Å². The molecule has 0 bridgehead atoms. The highest BCUT2D eigenvalue weighted by molar-refractivity contribution is 9.10. The van der Waals surface area contributed by atoms with E-state index in [9.17, 15) is 14.9 Å². The summed E-state index contributed by atoms with van der Waals surface area (Å²) in [6, 6.07) is 12.8. The molecule has 0 radical (unpaired) electrons. The summed E-state index contributed by atoms with van der Waals surface area (Å²) < 4.78 is 12.3. The highest BCUT2D eigenvalue weighted by Crippen LogP contribution is 2.38. The van der Waals surface area contributed by atoms with E-state index in [1.807, 2.05) is 19.1 Å². The lowest BCUT2D eigenvalue weighted by molar-refractivity contribution is -0.132. The van der Waals surface area contributed by atoms with Gasteiger partial charge in [-0.15, -0.1) is 0 Å². The summed E-state index contributed by atoms with van der Waals surface area (Å²) in [4.78, 5) is 27.7. The van der Waals surface area contributed by atoms with Crippen LogP contribution in [0.3, 0.4) is 0 Å². The minimum absolute atomic E-state index is 0.00503. The molecule has 1 aliphatic heterocycles. The van der Waals surface area contributed by atoms with Crippen LogP contribution in [-0.4, -0.2) is 47.4 Å². The molecule has 0 spiro atoms. The molecule has 0 saturated carbocycles. The molecule has 9 heteroatoms. The van der Waals surface area contributed by atoms with Crippen molar-refractivity contribution in [2.24, 2.45) is 0 Å². The largest absolute Gasteiger partial charge is 0.490 e. The number of amides is 2. The quantitative estimate of drug-likeness (QED) is 0.331. The zero-order valence-corrected chi connectivity index (χ0v) is 20.1. The first-order valence-electron chi connectivity index (χ1n) is 9.67. The monoisotopic (exact) mass is 513 g/mol. The number of rotatable bonds is 6. The smallest absolute Gasteiger partial charge is 0.265 e. The number of likely N-dealkylation sites (N-methyl/N-ethyl adjacent to an activating group) is 2. The number of hydrogen-bond donors (Lipinski definition) is 0. The average Bonchev–Trinajstić information content (AvgIpc) is 2.79. The molecule has 1 heterocycles. The van der Waals surface area contributed by atoms with Crippen molar-refractivity contribution >= 4 is 51.2 Å². The lowest BCUT2D eigenvalue weighted by Crippen LogP contribution is -2.52. The zero-order chi connectivity index (χ0) is 23.4. The van der Waals surface area contributed by atoms with Gasteiger partial charge >= 0.3 is 0 Å². The summed E-state index contributed by atoms with van der Waals surface area (Å²) in [5, 5.41) is 9.43. The van der Waals surface area contributed by atoms with E-state index in [2.05, 4.69) is 22.0 Å². The Bertz CT molecular complexity index is 1150. The summed E-state index contributed by atoms with van der Waals surface area (Å²) in [5.74, 6) is -0.0456. The van der Waals surface area contributed by atoms with Gasteiger partial charge in [-0.25, -0.2) is 0 Å². The van der Waals surface area contributed by atoms with Crippen molar-refractivity contribution in [3.8, 4) is 17.6 Å². The lowest BCUT2D eigenvalue weighted by atomic mass is 10.1. The van der Waals surface area contributed by atoms with Crippen molar-refractivity contribution in [1.82, 2.24) is 9.80 Å². The number of halogens is 1. The van der Waals surface area contributed by atoms with Crippen LogP contribution in [0.5, 0.6) is 11.5 Å². The number of hydrogen-bond acceptors (Lipinski definition) is 6. The molecular weight excluding hydrogens is 494 g/mol. The van der Waals surface area contributed by atoms with Gasteiger partial charge in [0, 0.05) is 19.7 Å². The Morgan fingerprint density at radius 3 is 2.41 bits per heavy atom. The Balaban J connectivity index is 1.96. The van der Waals surface area contributed by atoms with Crippen LogP contribution in [0.1, 0.15) is 23.6 Å². The maximum Gasteiger partial charge on any atom is 0.265 e. The number of benzene rings is 2. The molecule has 2 amide bonds. The predicted molar refractivity (Wildman–Crippen MR) is 127 cm³/mol. The van der Waals surface area contributed by atoms with Crippen molar-refractivity contribution in [1.29, 1.82) is 5.26 Å². The number of nitriles is 1. The van der Waals surface area contributed by atoms with E-state index in [1.165, 1.54) is 30.0 Å². The highest BCUT2D eigenvalue weighted by atomic mass is 79.9. The second-order valence-electron chi connectivity index (χ2n) is 6.89. The standard InChI is InChI=1S/C23H20BrN3O4S/c1-4-30-19-11-14(9-17-21(28)26(2)23(32)27(3)22(17)29)10-18(24)20(19)31-13-16-8-6-5-7-15(16)12-25/h5-11H,4,13H2,1-3H3. The highest BCUT2D eigenvalue weighted by Gasteiger charge is 2.35. The van der Waals surface area contributed by atoms with Crippen LogP contribution in [-0.2, 0) is 16.2 Å². The van der Waals surface area contributed by atoms with Gasteiger partial charge in [-0.3, -0.25) is 19.4 Å². The predicted octanol–water partition coefficient (Wildman–Crippen LogP) is 3.90. The number of nitrogens with zero attached hydrogens (tertiary/aromatic N) is 3. The van der Waals surface area contributed by atoms with Gasteiger partial charge in [-0.2, -0.15) is 5.26 Å². The van der Waals surface area contributed by atoms with Gasteiger partial charge in [0.15, 0.2) is 16.6 Å². The third kappa shape index (κ3) is 4.66. The van der Waals surface area contributed by atoms with E-state index in [-0.39, 0.29) is 17.3 Å². The molecule has 32 heavy (non-hydrogen) atoms. The van der Waals surface area contributed by atoms with Crippen molar-refractivity contribution in [3.63, 3.8) is 0 Å². The van der Waals surface area contributed by atoms with Gasteiger partial charge in [-0.1, -0.05) is 18.2 Å². The first-order chi connectivity index (χ1) is 15.3. The molecule has 1 aliphatic rings. The normalized spacial score (nSPS) is 13.8. The fourth-order valence-electron chi connectivity index (χ4n) is 3.12. The molecule has 0 aliphatic carbocycles. The van der Waals surface area contributed by atoms with Gasteiger partial charge in [0.2, 0.25) is 0 Å². The van der Waals surface area contributed by atoms with Crippen LogP contribution < -0.4 is 9.47 Å². The summed E-state index contributed by atoms with van der Waals surface area (Å²) >= 11 is 8.62. The minimum atomic E-state index is -0.472. The first-order valence-corrected chi connectivity index (χ1v) is 10.9. The molecule has 7 nitrogen and oxygen atoms in total. The van der Waals surface area contributed by atoms with E-state index in [1.54, 1.807) is 24.3 Å². The summed E-state index contributed by atoms with van der Waals surface area (Å²) in [6.45, 7) is 2.40. The average molecular weight is 514 g/mol. The van der Waals surface area contributed by atoms with Gasteiger partial charge in [0.25, 0.3) is 11.8 Å². The van der Waals surface area contributed by atoms with Gasteiger partial charge in [-0.05, 0) is 64.9 Å². The van der Waals surface area contributed by atoms with E-state index in [0.717, 1.165) is 5.56 Å². The van der Waals surface area contributed by atoms with E-state index in [4.69, 9.17) is 21.7 Å². The number of thiocarbonyl (C=S) groups is 1. The summed E-state index contributed by atoms with van der Waals surface area (Å²) in [6.07, 6.45) is 1.50. The third-order valence-corrected chi connectivity index (χ3v) is 5.93. The molecule has 0 N–H and O–H groups in total. The molecule has 3 rings (SSSR count). The molecule has 164 valence electrons. The third-order valence-electron chi connectivity index (χ3n) is 4.80. The van der Waals surface area contributed by atoms with E-state index < -0.39 is 11.8 Å². The Morgan fingerprint density at radius 2 is 1.78 bits per heavy atom. The second-order valence-corrected chi connectivity index (χ2v) is 8.11. The summed E-state index contributed by atoms with van der Waals surface area (Å²) in [7, 11) is 3.05. The van der Waals surface area contributed by atoms with Crippen LogP contribution in [0.4, 0.5) is 0 Å². The van der Waals surface area contributed by atoms with Crippen LogP contribution in [0.2, 0.25) is 0 Å². The molecular formula is C23H20BrN3O4S. The Hall–Kier alpha value is -3.22. The molecule has 0 atom stereocenters. The van der Waals surface area contributed by atoms with E-state index in [0.29, 0.717) is 33.7 Å². The maximum absolute atomic E-state index is 12.6. The van der Waals surface area contributed by atoms with Gasteiger partial charge in [0.1, 0.15) is 12.2 Å². The first kappa shape index (κ1) is 23.4. The van der Waals surface area contributed by atoms with Gasteiger partial charge in [0.05, 0.1) is 22.7 Å². The van der Waals surface area contributed by atoms with Crippen LogP contribution in [0, 0.1) is 11.3 Å². The van der Waals surface area contributed by atoms with Crippen molar-refractivity contribution in [2.75, 3.05) is 20.7 Å². The number of ether oxygens (including phenoxy) is 2. The fraction of sp³-hybridized carbons (Fsp3) is 0.217. The maximum atomic E-state index is 12.6. The Labute approximate surface area is 199 Å². The molecule has 0 unspecified atom stereocenters. The molecule has 2 aromatic rings. The minimum Gasteiger partial charge on any atom is -0.490 e. The molecule has 1 saturated heterocycles. The second kappa shape index (κ2) is 9.94. The number of carbonyl (C=O) groups excluding carboxylic acids is 2. The van der Waals surface area contributed by atoms with Crippen LogP contribution in [0.15, 0.2) is 46.4 Å². The van der Waals surface area contributed by atoms with Gasteiger partial charge < -0.3 is 9.47 Å². The SMILES string of the molecule is CCOc1cc(C=C2C(=O)N(C)C(=S)N(C)C2=O)cc(Br)c1OCc1ccccc1C#N. The lowest BCUT2D eigenvalue weighted by Gasteiger charge is -2.31. The van der Waals surface area contributed by atoms with E-state index >= 15 is 0 Å². The Morgan fingerprint density at radius 1 is 1.12 bits per heavy atom. The molecule has 1 fully saturated rings. The Kier molecular flexibility index (Phi) is 7.28.